The molecule has 2 rings (SSSR count). The summed E-state index contributed by atoms with van der Waals surface area (Å²) < 4.78 is 9.69. The molecule has 150 valence electrons. The number of amides is 2. The van der Waals surface area contributed by atoms with Crippen LogP contribution in [-0.4, -0.2) is 42.3 Å². The Labute approximate surface area is 160 Å². The molecule has 2 aromatic rings. The maximum Gasteiger partial charge on any atom is 0.411 e. The van der Waals surface area contributed by atoms with E-state index in [0.29, 0.717) is 29.2 Å². The van der Waals surface area contributed by atoms with Crippen LogP contribution in [0.25, 0.3) is 0 Å². The number of aromatic nitrogens is 2. The molecular weight excluding hydrogens is 368 g/mol. The topological polar surface area (TPSA) is 142 Å². The average molecular weight is 390 g/mol. The lowest BCUT2D eigenvalue weighted by atomic mass is 10.1. The second-order valence-electron chi connectivity index (χ2n) is 5.89. The summed E-state index contributed by atoms with van der Waals surface area (Å²) >= 11 is 0. The fourth-order valence-electron chi connectivity index (χ4n) is 2.44. The molecule has 0 spiro atoms. The fourth-order valence-corrected chi connectivity index (χ4v) is 2.44. The van der Waals surface area contributed by atoms with E-state index in [4.69, 9.17) is 9.47 Å². The third-order valence-corrected chi connectivity index (χ3v) is 3.77. The van der Waals surface area contributed by atoms with Crippen LogP contribution in [0.15, 0.2) is 33.9 Å². The lowest BCUT2D eigenvalue weighted by Crippen LogP contribution is -2.27. The minimum atomic E-state index is -0.631. The zero-order chi connectivity index (χ0) is 20.5. The minimum absolute atomic E-state index is 0.0483. The van der Waals surface area contributed by atoms with Gasteiger partial charge in [-0.05, 0) is 31.5 Å². The van der Waals surface area contributed by atoms with Crippen LogP contribution in [-0.2, 0) is 20.7 Å². The van der Waals surface area contributed by atoms with E-state index in [2.05, 4.69) is 20.6 Å². The standard InChI is InChI=1S/C18H22N4O6/c1-11-14(16(24)22-17(25)19-11)6-7-15(23)20-12-4-3-5-13(10-12)21-18(26)28-9-8-27-2/h3-5,10H,6-9H2,1-2H3,(H,20,23)(H,21,26)(H2,19,22,24,25). The first-order chi connectivity index (χ1) is 13.4. The SMILES string of the molecule is COCCOC(=O)Nc1cccc(NC(=O)CCc2c(C)[nH]c(=O)[nH]c2=O)c1. The van der Waals surface area contributed by atoms with Gasteiger partial charge < -0.3 is 19.8 Å². The Hall–Kier alpha value is -3.40. The number of benzene rings is 1. The first kappa shape index (κ1) is 20.9. The van der Waals surface area contributed by atoms with Crippen LogP contribution in [0.2, 0.25) is 0 Å². The van der Waals surface area contributed by atoms with Crippen molar-refractivity contribution >= 4 is 23.4 Å². The normalized spacial score (nSPS) is 10.4. The Morgan fingerprint density at radius 2 is 1.79 bits per heavy atom. The van der Waals surface area contributed by atoms with Crippen LogP contribution in [0, 0.1) is 6.92 Å². The molecule has 0 atom stereocenters. The van der Waals surface area contributed by atoms with E-state index >= 15 is 0 Å². The van der Waals surface area contributed by atoms with E-state index < -0.39 is 17.3 Å². The van der Waals surface area contributed by atoms with Crippen molar-refractivity contribution in [1.29, 1.82) is 0 Å². The molecule has 1 aromatic heterocycles. The molecule has 0 aliphatic heterocycles. The molecule has 2 amide bonds. The maximum absolute atomic E-state index is 12.2. The molecule has 0 aliphatic rings. The number of rotatable bonds is 8. The number of aryl methyl sites for hydroxylation is 1. The summed E-state index contributed by atoms with van der Waals surface area (Å²) in [6, 6.07) is 6.55. The van der Waals surface area contributed by atoms with Crippen molar-refractivity contribution in [2.75, 3.05) is 31.0 Å². The largest absolute Gasteiger partial charge is 0.447 e. The number of hydrogen-bond donors (Lipinski definition) is 4. The zero-order valence-corrected chi connectivity index (χ0v) is 15.6. The van der Waals surface area contributed by atoms with Crippen molar-refractivity contribution in [2.45, 2.75) is 19.8 Å². The maximum atomic E-state index is 12.2. The number of aromatic amines is 2. The Morgan fingerprint density at radius 3 is 2.46 bits per heavy atom. The predicted molar refractivity (Wildman–Crippen MR) is 103 cm³/mol. The number of H-pyrrole nitrogens is 2. The first-order valence-electron chi connectivity index (χ1n) is 8.53. The van der Waals surface area contributed by atoms with E-state index in [1.165, 1.54) is 7.11 Å². The van der Waals surface area contributed by atoms with Gasteiger partial charge in [0.25, 0.3) is 5.56 Å². The first-order valence-corrected chi connectivity index (χ1v) is 8.53. The van der Waals surface area contributed by atoms with Crippen LogP contribution in [0.1, 0.15) is 17.7 Å². The molecule has 0 aliphatic carbocycles. The summed E-state index contributed by atoms with van der Waals surface area (Å²) in [6.45, 7) is 2.02. The highest BCUT2D eigenvalue weighted by Crippen LogP contribution is 2.16. The highest BCUT2D eigenvalue weighted by molar-refractivity contribution is 5.92. The minimum Gasteiger partial charge on any atom is -0.447 e. The van der Waals surface area contributed by atoms with Gasteiger partial charge in [0.1, 0.15) is 6.61 Å². The van der Waals surface area contributed by atoms with Crippen LogP contribution in [0.4, 0.5) is 16.2 Å². The second kappa shape index (κ2) is 10.1. The lowest BCUT2D eigenvalue weighted by molar-refractivity contribution is -0.116. The van der Waals surface area contributed by atoms with Crippen molar-refractivity contribution < 1.29 is 19.1 Å². The van der Waals surface area contributed by atoms with Crippen LogP contribution in [0.3, 0.4) is 0 Å². The summed E-state index contributed by atoms with van der Waals surface area (Å²) in [4.78, 5) is 51.4. The molecule has 0 saturated heterocycles. The van der Waals surface area contributed by atoms with Gasteiger partial charge in [0, 0.05) is 36.2 Å². The number of ether oxygens (including phenoxy) is 2. The summed E-state index contributed by atoms with van der Waals surface area (Å²) in [5.41, 5.74) is 0.622. The highest BCUT2D eigenvalue weighted by atomic mass is 16.6. The van der Waals surface area contributed by atoms with E-state index in [1.807, 2.05) is 0 Å². The van der Waals surface area contributed by atoms with E-state index in [-0.39, 0.29) is 25.4 Å². The third kappa shape index (κ3) is 6.40. The molecule has 0 fully saturated rings. The van der Waals surface area contributed by atoms with Crippen molar-refractivity contribution in [3.05, 3.63) is 56.4 Å². The van der Waals surface area contributed by atoms with Crippen molar-refractivity contribution in [3.8, 4) is 0 Å². The molecule has 1 heterocycles. The van der Waals surface area contributed by atoms with Crippen molar-refractivity contribution in [2.24, 2.45) is 0 Å². The monoisotopic (exact) mass is 390 g/mol. The molecular formula is C18H22N4O6. The van der Waals surface area contributed by atoms with Gasteiger partial charge in [0.05, 0.1) is 6.61 Å². The highest BCUT2D eigenvalue weighted by Gasteiger charge is 2.10. The van der Waals surface area contributed by atoms with Crippen LogP contribution < -0.4 is 21.9 Å². The summed E-state index contributed by atoms with van der Waals surface area (Å²) in [7, 11) is 1.50. The van der Waals surface area contributed by atoms with Gasteiger partial charge in [-0.3, -0.25) is 19.9 Å². The van der Waals surface area contributed by atoms with E-state index in [9.17, 15) is 19.2 Å². The van der Waals surface area contributed by atoms with Gasteiger partial charge in [-0.25, -0.2) is 9.59 Å². The Balaban J connectivity index is 1.91. The van der Waals surface area contributed by atoms with Gasteiger partial charge in [0.2, 0.25) is 5.91 Å². The fraction of sp³-hybridized carbons (Fsp3) is 0.333. The number of hydrogen-bond acceptors (Lipinski definition) is 6. The van der Waals surface area contributed by atoms with E-state index in [0.717, 1.165) is 0 Å². The Bertz CT molecular complexity index is 950. The Kier molecular flexibility index (Phi) is 7.52. The zero-order valence-electron chi connectivity index (χ0n) is 15.6. The molecule has 10 heteroatoms. The molecule has 0 saturated carbocycles. The van der Waals surface area contributed by atoms with Crippen LogP contribution >= 0.6 is 0 Å². The smallest absolute Gasteiger partial charge is 0.411 e. The Morgan fingerprint density at radius 1 is 1.07 bits per heavy atom. The van der Waals surface area contributed by atoms with Gasteiger partial charge in [-0.1, -0.05) is 6.07 Å². The number of carbonyl (C=O) groups is 2. The summed E-state index contributed by atoms with van der Waals surface area (Å²) in [5.74, 6) is -0.315. The van der Waals surface area contributed by atoms with Crippen LogP contribution in [0.5, 0.6) is 0 Å². The number of nitrogens with one attached hydrogen (secondary N) is 4. The third-order valence-electron chi connectivity index (χ3n) is 3.77. The van der Waals surface area contributed by atoms with Gasteiger partial charge >= 0.3 is 11.8 Å². The molecule has 28 heavy (non-hydrogen) atoms. The number of carbonyl (C=O) groups excluding carboxylic acids is 2. The summed E-state index contributed by atoms with van der Waals surface area (Å²) in [5, 5.41) is 5.24. The number of anilines is 2. The predicted octanol–water partition coefficient (Wildman–Crippen LogP) is 1.14. The van der Waals surface area contributed by atoms with Gasteiger partial charge in [-0.15, -0.1) is 0 Å². The quantitative estimate of drug-likeness (QED) is 0.498. The van der Waals surface area contributed by atoms with Crippen molar-refractivity contribution in [1.82, 2.24) is 9.97 Å². The molecule has 1 aromatic carbocycles. The molecule has 0 bridgehead atoms. The molecule has 0 unspecified atom stereocenters. The molecule has 4 N–H and O–H groups in total. The second-order valence-corrected chi connectivity index (χ2v) is 5.89. The average Bonchev–Trinajstić information content (AvgIpc) is 2.61. The van der Waals surface area contributed by atoms with E-state index in [1.54, 1.807) is 31.2 Å². The lowest BCUT2D eigenvalue weighted by Gasteiger charge is -2.09. The molecule has 10 nitrogen and oxygen atoms in total. The summed E-state index contributed by atoms with van der Waals surface area (Å²) in [6.07, 6.45) is -0.409. The molecule has 0 radical (unpaired) electrons. The number of methoxy groups -OCH3 is 1. The van der Waals surface area contributed by atoms with Crippen molar-refractivity contribution in [3.63, 3.8) is 0 Å². The van der Waals surface area contributed by atoms with Gasteiger partial charge in [-0.2, -0.15) is 0 Å². The van der Waals surface area contributed by atoms with Gasteiger partial charge in [0.15, 0.2) is 0 Å².